The standard InChI is InChI=1S/C16H11N5O5S.Na/c22-14-12(15-20(14)13(8-27-15)16(23)24)5-10-7-19(18-17-10)6-9-1-3-11(4-2-9)21(25)26;/h1-5,7-8,15H,6H2,(H,23,24);/q;+1/p-1/b12-5+;/t15-;/m1./s1. The van der Waals surface area contributed by atoms with Crippen LogP contribution in [0.5, 0.6) is 0 Å². The van der Waals surface area contributed by atoms with Gasteiger partial charge in [-0.05, 0) is 17.0 Å². The molecule has 3 heterocycles. The number of rotatable bonds is 5. The van der Waals surface area contributed by atoms with Crippen LogP contribution in [0.25, 0.3) is 6.08 Å². The van der Waals surface area contributed by atoms with Gasteiger partial charge in [0.1, 0.15) is 11.1 Å². The summed E-state index contributed by atoms with van der Waals surface area (Å²) in [6, 6.07) is 6.09. The smallest absolute Gasteiger partial charge is 0.543 e. The average molecular weight is 407 g/mol. The van der Waals surface area contributed by atoms with Gasteiger partial charge in [0, 0.05) is 12.1 Å². The number of thioether (sulfide) groups is 1. The van der Waals surface area contributed by atoms with E-state index in [0.717, 1.165) is 5.56 Å². The number of carboxylic acid groups (broad SMARTS) is 1. The summed E-state index contributed by atoms with van der Waals surface area (Å²) >= 11 is 1.22. The van der Waals surface area contributed by atoms with Crippen LogP contribution in [0.4, 0.5) is 5.69 Å². The first-order valence-corrected chi connectivity index (χ1v) is 8.64. The van der Waals surface area contributed by atoms with E-state index in [1.807, 2.05) is 0 Å². The van der Waals surface area contributed by atoms with Gasteiger partial charge in [-0.3, -0.25) is 19.8 Å². The SMILES string of the molecule is O=C([O-])C1=CS[C@@H]2/C(=C/c3cn(Cc4ccc([N+](=O)[O-])cc4)nn3)C(=O)N12.[Na+]. The number of β-lactam (4-membered cyclic amide) rings is 1. The van der Waals surface area contributed by atoms with Gasteiger partial charge in [0.15, 0.2) is 0 Å². The molecule has 2 aliphatic heterocycles. The van der Waals surface area contributed by atoms with Crippen LogP contribution in [-0.2, 0) is 16.1 Å². The molecule has 1 amide bonds. The predicted octanol–water partition coefficient (Wildman–Crippen LogP) is -2.87. The third kappa shape index (κ3) is 3.61. The van der Waals surface area contributed by atoms with Crippen LogP contribution >= 0.6 is 11.8 Å². The van der Waals surface area contributed by atoms with Crippen LogP contribution in [0, 0.1) is 10.1 Å². The maximum absolute atomic E-state index is 12.1. The Hall–Kier alpha value is -2.47. The molecular formula is C16H10N5NaO5S. The number of aromatic nitrogens is 3. The minimum absolute atomic E-state index is 0. The Morgan fingerprint density at radius 1 is 1.32 bits per heavy atom. The molecule has 0 saturated carbocycles. The van der Waals surface area contributed by atoms with Gasteiger partial charge < -0.3 is 9.90 Å². The molecule has 0 aliphatic carbocycles. The number of nitro groups is 1. The van der Waals surface area contributed by atoms with Crippen LogP contribution in [0.15, 0.2) is 47.1 Å². The average Bonchev–Trinajstić information content (AvgIpc) is 3.24. The Morgan fingerprint density at radius 2 is 2.04 bits per heavy atom. The molecule has 10 nitrogen and oxygen atoms in total. The van der Waals surface area contributed by atoms with Crippen molar-refractivity contribution in [3.05, 3.63) is 68.5 Å². The molecule has 0 unspecified atom stereocenters. The number of nitrogens with zero attached hydrogens (tertiary/aromatic N) is 5. The number of nitro benzene ring substituents is 1. The van der Waals surface area contributed by atoms with E-state index in [1.54, 1.807) is 29.1 Å². The van der Waals surface area contributed by atoms with Gasteiger partial charge in [-0.25, -0.2) is 4.68 Å². The Balaban J connectivity index is 0.00000225. The molecule has 136 valence electrons. The van der Waals surface area contributed by atoms with E-state index >= 15 is 0 Å². The number of aliphatic carboxylic acids is 1. The summed E-state index contributed by atoms with van der Waals surface area (Å²) in [5.41, 5.74) is 1.59. The number of hydrogen-bond acceptors (Lipinski definition) is 8. The van der Waals surface area contributed by atoms with Crippen LogP contribution in [0.2, 0.25) is 0 Å². The Morgan fingerprint density at radius 3 is 2.68 bits per heavy atom. The molecule has 2 aromatic rings. The fourth-order valence-electron chi connectivity index (χ4n) is 2.79. The maximum Gasteiger partial charge on any atom is 1.00 e. The minimum atomic E-state index is -1.38. The van der Waals surface area contributed by atoms with Crippen molar-refractivity contribution in [2.24, 2.45) is 0 Å². The monoisotopic (exact) mass is 407 g/mol. The zero-order valence-electron chi connectivity index (χ0n) is 14.5. The van der Waals surface area contributed by atoms with Gasteiger partial charge >= 0.3 is 29.6 Å². The number of carboxylic acids is 1. The van der Waals surface area contributed by atoms with Crippen LogP contribution < -0.4 is 34.7 Å². The number of fused-ring (bicyclic) bond motifs is 1. The van der Waals surface area contributed by atoms with Crippen LogP contribution in [0.1, 0.15) is 11.3 Å². The quantitative estimate of drug-likeness (QED) is 0.170. The van der Waals surface area contributed by atoms with Crippen molar-refractivity contribution in [2.75, 3.05) is 0 Å². The zero-order valence-corrected chi connectivity index (χ0v) is 17.3. The number of hydrogen-bond donors (Lipinski definition) is 0. The van der Waals surface area contributed by atoms with Gasteiger partial charge in [-0.15, -0.1) is 16.9 Å². The van der Waals surface area contributed by atoms with E-state index in [1.165, 1.54) is 34.2 Å². The number of benzene rings is 1. The van der Waals surface area contributed by atoms with Crippen molar-refractivity contribution < 1.29 is 49.2 Å². The molecule has 1 fully saturated rings. The third-order valence-corrected chi connectivity index (χ3v) is 5.18. The normalized spacial score (nSPS) is 18.9. The molecule has 12 heteroatoms. The molecule has 1 atom stereocenters. The second-order valence-corrected chi connectivity index (χ2v) is 6.77. The Labute approximate surface area is 184 Å². The molecule has 1 saturated heterocycles. The van der Waals surface area contributed by atoms with Crippen molar-refractivity contribution in [1.82, 2.24) is 19.9 Å². The zero-order chi connectivity index (χ0) is 19.1. The second kappa shape index (κ2) is 7.87. The van der Waals surface area contributed by atoms with Crippen molar-refractivity contribution in [2.45, 2.75) is 11.9 Å². The van der Waals surface area contributed by atoms with Crippen LogP contribution in [-0.4, -0.2) is 42.1 Å². The molecule has 28 heavy (non-hydrogen) atoms. The molecule has 4 rings (SSSR count). The Kier molecular flexibility index (Phi) is 5.70. The summed E-state index contributed by atoms with van der Waals surface area (Å²) < 4.78 is 1.54. The van der Waals surface area contributed by atoms with E-state index < -0.39 is 16.8 Å². The molecule has 0 bridgehead atoms. The largest absolute Gasteiger partial charge is 1.00 e. The van der Waals surface area contributed by atoms with Gasteiger partial charge in [-0.2, -0.15) is 0 Å². The molecule has 0 radical (unpaired) electrons. The summed E-state index contributed by atoms with van der Waals surface area (Å²) in [4.78, 5) is 34.5. The van der Waals surface area contributed by atoms with E-state index in [4.69, 9.17) is 0 Å². The van der Waals surface area contributed by atoms with Crippen molar-refractivity contribution in [3.8, 4) is 0 Å². The van der Waals surface area contributed by atoms with E-state index in [9.17, 15) is 24.8 Å². The van der Waals surface area contributed by atoms with E-state index in [0.29, 0.717) is 17.8 Å². The first kappa shape index (κ1) is 20.3. The number of amides is 1. The number of carbonyl (C=O) groups is 2. The summed E-state index contributed by atoms with van der Waals surface area (Å²) in [6.45, 7) is 0.364. The van der Waals surface area contributed by atoms with E-state index in [2.05, 4.69) is 10.3 Å². The summed E-state index contributed by atoms with van der Waals surface area (Å²) in [7, 11) is 0. The van der Waals surface area contributed by atoms with Crippen LogP contribution in [0.3, 0.4) is 0 Å². The predicted molar refractivity (Wildman–Crippen MR) is 91.5 cm³/mol. The maximum atomic E-state index is 12.1. The summed E-state index contributed by atoms with van der Waals surface area (Å²) in [6.07, 6.45) is 3.21. The number of non-ortho nitro benzene ring substituents is 1. The van der Waals surface area contributed by atoms with Gasteiger partial charge in [0.25, 0.3) is 11.6 Å². The molecule has 0 N–H and O–H groups in total. The van der Waals surface area contributed by atoms with Gasteiger partial charge in [0.2, 0.25) is 0 Å². The third-order valence-electron chi connectivity index (χ3n) is 4.10. The summed E-state index contributed by atoms with van der Waals surface area (Å²) in [5, 5.41) is 30.6. The van der Waals surface area contributed by atoms with Gasteiger partial charge in [0.05, 0.1) is 34.9 Å². The van der Waals surface area contributed by atoms with Crippen molar-refractivity contribution in [3.63, 3.8) is 0 Å². The molecule has 2 aliphatic rings. The molecule has 0 spiro atoms. The number of carbonyl (C=O) groups excluding carboxylic acids is 2. The first-order valence-electron chi connectivity index (χ1n) is 7.69. The molecule has 1 aromatic carbocycles. The minimum Gasteiger partial charge on any atom is -0.543 e. The van der Waals surface area contributed by atoms with Crippen molar-refractivity contribution in [1.29, 1.82) is 0 Å². The summed E-state index contributed by atoms with van der Waals surface area (Å²) in [5.74, 6) is -1.78. The topological polar surface area (TPSA) is 134 Å². The van der Waals surface area contributed by atoms with E-state index in [-0.39, 0.29) is 46.3 Å². The van der Waals surface area contributed by atoms with Crippen molar-refractivity contribution >= 4 is 35.4 Å². The molecule has 1 aromatic heterocycles. The van der Waals surface area contributed by atoms with Gasteiger partial charge in [-0.1, -0.05) is 17.3 Å². The first-order chi connectivity index (χ1) is 12.9. The molecular weight excluding hydrogens is 397 g/mol. The Bertz CT molecular complexity index is 1030. The second-order valence-electron chi connectivity index (χ2n) is 5.82. The fraction of sp³-hybridized carbons (Fsp3) is 0.125. The fourth-order valence-corrected chi connectivity index (χ4v) is 3.90.